The summed E-state index contributed by atoms with van der Waals surface area (Å²) < 4.78 is 55.3. The number of hydrogen-bond acceptors (Lipinski definition) is 9. The van der Waals surface area contributed by atoms with Crippen LogP contribution in [-0.4, -0.2) is 62.0 Å². The molecule has 5 atom stereocenters. The highest BCUT2D eigenvalue weighted by molar-refractivity contribution is 7.18. The first-order chi connectivity index (χ1) is 19.1. The number of nitrogens with zero attached hydrogens (tertiary/aromatic N) is 5. The fraction of sp³-hybridized carbons (Fsp3) is 0.308. The summed E-state index contributed by atoms with van der Waals surface area (Å²) in [5, 5.41) is 17.3. The second-order valence-electron chi connectivity index (χ2n) is 9.46. The molecule has 208 valence electrons. The van der Waals surface area contributed by atoms with E-state index in [0.29, 0.717) is 27.9 Å². The molecule has 9 nitrogen and oxygen atoms in total. The average molecular weight is 591 g/mol. The zero-order valence-corrected chi connectivity index (χ0v) is 22.6. The first kappa shape index (κ1) is 26.8. The Hall–Kier alpha value is -3.36. The molecule has 2 saturated heterocycles. The van der Waals surface area contributed by atoms with Crippen LogP contribution in [0, 0.1) is 31.3 Å². The standard InChI is InChI=1S/C26H22ClF3N6O3S/c1-10-33-26(36(35-10)14-5-15(27)21-19(6-14)40-11(2)34-21)25-23(37)22(24-18(39-25)9-38-24)32-8-13(7-31)12-3-16(28)20(30)17(29)4-12/h3-8,18,22-25,37H,9,31H2,1-2H3. The van der Waals surface area contributed by atoms with Gasteiger partial charge in [-0.05, 0) is 43.7 Å². The zero-order valence-electron chi connectivity index (χ0n) is 21.1. The van der Waals surface area contributed by atoms with E-state index in [2.05, 4.69) is 20.1 Å². The van der Waals surface area contributed by atoms with Crippen molar-refractivity contribution >= 4 is 44.9 Å². The molecule has 0 aliphatic carbocycles. The molecule has 40 heavy (non-hydrogen) atoms. The highest BCUT2D eigenvalue weighted by atomic mass is 35.5. The molecule has 4 heterocycles. The van der Waals surface area contributed by atoms with Crippen LogP contribution in [0.1, 0.15) is 28.3 Å². The summed E-state index contributed by atoms with van der Waals surface area (Å²) in [7, 11) is 0. The minimum Gasteiger partial charge on any atom is -0.404 e. The van der Waals surface area contributed by atoms with Crippen molar-refractivity contribution in [3.05, 3.63) is 75.2 Å². The molecule has 2 aliphatic rings. The van der Waals surface area contributed by atoms with E-state index in [1.54, 1.807) is 17.7 Å². The van der Waals surface area contributed by atoms with Gasteiger partial charge >= 0.3 is 0 Å². The second-order valence-corrected chi connectivity index (χ2v) is 11.1. The largest absolute Gasteiger partial charge is 0.404 e. The number of aromatic nitrogens is 4. The van der Waals surface area contributed by atoms with Gasteiger partial charge in [-0.15, -0.1) is 11.3 Å². The number of thiazole rings is 1. The summed E-state index contributed by atoms with van der Waals surface area (Å²) in [6, 6.07) is 4.39. The topological polar surface area (TPSA) is 121 Å². The molecule has 0 amide bonds. The van der Waals surface area contributed by atoms with E-state index in [9.17, 15) is 18.3 Å². The lowest BCUT2D eigenvalue weighted by molar-refractivity contribution is -0.273. The SMILES string of the molecule is Cc1nc(C2OC3COC3C(N=CC(=CN)c3cc(F)c(F)c(F)c3)C2O)n(-c2cc(Cl)c3nc(C)sc3c2)n1. The zero-order chi connectivity index (χ0) is 28.3. The Balaban J connectivity index is 1.34. The first-order valence-corrected chi connectivity index (χ1v) is 13.4. The fourth-order valence-corrected chi connectivity index (χ4v) is 6.07. The van der Waals surface area contributed by atoms with Gasteiger partial charge in [-0.1, -0.05) is 11.6 Å². The maximum absolute atomic E-state index is 13.8. The molecule has 2 aromatic heterocycles. The van der Waals surface area contributed by atoms with Crippen LogP contribution in [0.3, 0.4) is 0 Å². The van der Waals surface area contributed by atoms with E-state index in [1.807, 2.05) is 13.0 Å². The molecule has 2 aromatic carbocycles. The Morgan fingerprint density at radius 1 is 1.20 bits per heavy atom. The number of aryl methyl sites for hydroxylation is 2. The second kappa shape index (κ2) is 10.2. The van der Waals surface area contributed by atoms with Crippen LogP contribution >= 0.6 is 22.9 Å². The number of ether oxygens (including phenoxy) is 2. The highest BCUT2D eigenvalue weighted by Gasteiger charge is 2.52. The highest BCUT2D eigenvalue weighted by Crippen LogP contribution is 2.40. The van der Waals surface area contributed by atoms with Gasteiger partial charge in [0.1, 0.15) is 41.8 Å². The quantitative estimate of drug-likeness (QED) is 0.264. The van der Waals surface area contributed by atoms with Crippen LogP contribution in [0.15, 0.2) is 35.5 Å². The predicted octanol–water partition coefficient (Wildman–Crippen LogP) is 4.20. The molecule has 0 radical (unpaired) electrons. The minimum atomic E-state index is -1.59. The summed E-state index contributed by atoms with van der Waals surface area (Å²) >= 11 is 8.01. The van der Waals surface area contributed by atoms with Gasteiger partial charge in [0.05, 0.1) is 27.0 Å². The summed E-state index contributed by atoms with van der Waals surface area (Å²) in [4.78, 5) is 13.5. The molecule has 0 bridgehead atoms. The minimum absolute atomic E-state index is 0.0206. The van der Waals surface area contributed by atoms with Crippen molar-refractivity contribution < 1.29 is 27.8 Å². The number of nitrogens with two attached hydrogens (primary N) is 1. The molecule has 5 unspecified atom stereocenters. The van der Waals surface area contributed by atoms with E-state index in [0.717, 1.165) is 28.0 Å². The maximum atomic E-state index is 13.8. The first-order valence-electron chi connectivity index (χ1n) is 12.2. The number of aliphatic hydroxyl groups excluding tert-OH is 1. The van der Waals surface area contributed by atoms with Crippen molar-refractivity contribution in [2.45, 2.75) is 44.3 Å². The van der Waals surface area contributed by atoms with Gasteiger partial charge in [-0.2, -0.15) is 5.10 Å². The fourth-order valence-electron chi connectivity index (χ4n) is 4.87. The molecule has 0 saturated carbocycles. The third-order valence-electron chi connectivity index (χ3n) is 6.80. The van der Waals surface area contributed by atoms with E-state index < -0.39 is 47.9 Å². The van der Waals surface area contributed by atoms with Gasteiger partial charge in [-0.25, -0.2) is 27.8 Å². The molecular weight excluding hydrogens is 569 g/mol. The van der Waals surface area contributed by atoms with Crippen LogP contribution in [0.25, 0.3) is 21.5 Å². The Bertz CT molecular complexity index is 1670. The number of fused-ring (bicyclic) bond motifs is 2. The number of halogens is 4. The summed E-state index contributed by atoms with van der Waals surface area (Å²) in [5.41, 5.74) is 7.08. The molecule has 4 aromatic rings. The van der Waals surface area contributed by atoms with Crippen LogP contribution in [0.2, 0.25) is 5.02 Å². The summed E-state index contributed by atoms with van der Waals surface area (Å²) in [6.07, 6.45) is -0.827. The van der Waals surface area contributed by atoms with Crippen LogP contribution in [0.4, 0.5) is 13.2 Å². The number of rotatable bonds is 5. The van der Waals surface area contributed by atoms with E-state index in [-0.39, 0.29) is 17.7 Å². The van der Waals surface area contributed by atoms with Gasteiger partial charge in [0, 0.05) is 18.0 Å². The summed E-state index contributed by atoms with van der Waals surface area (Å²) in [5.74, 6) is -3.53. The molecule has 3 N–H and O–H groups in total. The van der Waals surface area contributed by atoms with Crippen molar-refractivity contribution in [3.63, 3.8) is 0 Å². The summed E-state index contributed by atoms with van der Waals surface area (Å²) in [6.45, 7) is 3.89. The van der Waals surface area contributed by atoms with Crippen molar-refractivity contribution in [1.82, 2.24) is 19.7 Å². The molecule has 0 spiro atoms. The lowest BCUT2D eigenvalue weighted by atomic mass is 9.89. The molecule has 2 fully saturated rings. The average Bonchev–Trinajstić information content (AvgIpc) is 3.47. The number of allylic oxidation sites excluding steroid dienone is 1. The third kappa shape index (κ3) is 4.57. The van der Waals surface area contributed by atoms with Gasteiger partial charge in [0.2, 0.25) is 0 Å². The van der Waals surface area contributed by atoms with Crippen molar-refractivity contribution in [2.24, 2.45) is 10.7 Å². The number of benzene rings is 2. The predicted molar refractivity (Wildman–Crippen MR) is 143 cm³/mol. The smallest absolute Gasteiger partial charge is 0.194 e. The normalized spacial score (nSPS) is 25.0. The van der Waals surface area contributed by atoms with Crippen molar-refractivity contribution in [3.8, 4) is 5.69 Å². The van der Waals surface area contributed by atoms with Crippen LogP contribution in [0.5, 0.6) is 0 Å². The number of aliphatic imine (C=N–C) groups is 1. The number of hydrogen-bond donors (Lipinski definition) is 2. The monoisotopic (exact) mass is 590 g/mol. The van der Waals surface area contributed by atoms with E-state index >= 15 is 0 Å². The van der Waals surface area contributed by atoms with Crippen LogP contribution in [-0.2, 0) is 9.47 Å². The van der Waals surface area contributed by atoms with Gasteiger partial charge in [0.25, 0.3) is 0 Å². The molecule has 6 rings (SSSR count). The van der Waals surface area contributed by atoms with Crippen molar-refractivity contribution in [2.75, 3.05) is 6.61 Å². The van der Waals surface area contributed by atoms with E-state index in [1.165, 1.54) is 17.6 Å². The van der Waals surface area contributed by atoms with Crippen LogP contribution < -0.4 is 5.73 Å². The van der Waals surface area contributed by atoms with E-state index in [4.69, 9.17) is 26.8 Å². The third-order valence-corrected chi connectivity index (χ3v) is 8.00. The van der Waals surface area contributed by atoms with Gasteiger partial charge < -0.3 is 20.3 Å². The molecule has 2 aliphatic heterocycles. The van der Waals surface area contributed by atoms with Crippen molar-refractivity contribution in [1.29, 1.82) is 0 Å². The lowest BCUT2D eigenvalue weighted by Gasteiger charge is -2.48. The number of aliphatic hydroxyl groups is 1. The Morgan fingerprint density at radius 3 is 2.62 bits per heavy atom. The Labute approximate surface area is 234 Å². The Morgan fingerprint density at radius 2 is 1.95 bits per heavy atom. The Kier molecular flexibility index (Phi) is 6.87. The molecular formula is C26H22ClF3N6O3S. The maximum Gasteiger partial charge on any atom is 0.194 e. The molecule has 14 heteroatoms. The van der Waals surface area contributed by atoms with Gasteiger partial charge in [-0.3, -0.25) is 4.99 Å². The van der Waals surface area contributed by atoms with Gasteiger partial charge in [0.15, 0.2) is 23.3 Å². The lowest BCUT2D eigenvalue weighted by Crippen LogP contribution is -2.62.